The molecule has 0 saturated heterocycles. The maximum atomic E-state index is 13.6. The predicted octanol–water partition coefficient (Wildman–Crippen LogP) is 1.90. The lowest BCUT2D eigenvalue weighted by Crippen LogP contribution is -2.22. The molecule has 0 saturated carbocycles. The molecular weight excluding hydrogens is 207 g/mol. The molecule has 1 unspecified atom stereocenters. The van der Waals surface area contributed by atoms with Gasteiger partial charge in [0.2, 0.25) is 0 Å². The number of rotatable bonds is 4. The van der Waals surface area contributed by atoms with Crippen LogP contribution >= 0.6 is 0 Å². The minimum Gasteiger partial charge on any atom is -0.393 e. The zero-order valence-electron chi connectivity index (χ0n) is 9.44. The van der Waals surface area contributed by atoms with E-state index in [-0.39, 0.29) is 0 Å². The molecule has 0 aliphatic rings. The topological polar surface area (TPSA) is 47.3 Å². The van der Waals surface area contributed by atoms with Crippen molar-refractivity contribution < 1.29 is 9.50 Å². The van der Waals surface area contributed by atoms with Crippen LogP contribution in [-0.4, -0.2) is 24.8 Å². The van der Waals surface area contributed by atoms with Crippen molar-refractivity contribution >= 4 is 5.69 Å². The minimum absolute atomic E-state index is 0.310. The van der Waals surface area contributed by atoms with E-state index in [4.69, 9.17) is 10.4 Å². The Morgan fingerprint density at radius 3 is 2.75 bits per heavy atom. The van der Waals surface area contributed by atoms with Crippen LogP contribution in [-0.2, 0) is 0 Å². The summed E-state index contributed by atoms with van der Waals surface area (Å²) in [6.07, 6.45) is 0.180. The standard InChI is InChI=1S/C12H15FN2O/c1-9(16)5-6-15(2)12-4-3-10(8-14)7-11(12)13/h3-4,7,9,16H,5-6H2,1-2H3. The Bertz CT molecular complexity index is 398. The van der Waals surface area contributed by atoms with Crippen LogP contribution in [0.5, 0.6) is 0 Å². The molecule has 0 bridgehead atoms. The van der Waals surface area contributed by atoms with E-state index in [0.717, 1.165) is 0 Å². The SMILES string of the molecule is CC(O)CCN(C)c1ccc(C#N)cc1F. The molecule has 0 spiro atoms. The molecule has 1 N–H and O–H groups in total. The molecule has 1 atom stereocenters. The highest BCUT2D eigenvalue weighted by atomic mass is 19.1. The van der Waals surface area contributed by atoms with Gasteiger partial charge >= 0.3 is 0 Å². The van der Waals surface area contributed by atoms with Crippen LogP contribution < -0.4 is 4.90 Å². The van der Waals surface area contributed by atoms with E-state index >= 15 is 0 Å². The Hall–Kier alpha value is -1.60. The second kappa shape index (κ2) is 5.47. The van der Waals surface area contributed by atoms with Gasteiger partial charge in [-0.3, -0.25) is 0 Å². The lowest BCUT2D eigenvalue weighted by molar-refractivity contribution is 0.187. The van der Waals surface area contributed by atoms with Gasteiger partial charge in [-0.05, 0) is 31.5 Å². The van der Waals surface area contributed by atoms with Crippen LogP contribution in [0.15, 0.2) is 18.2 Å². The molecule has 0 aromatic heterocycles. The number of halogens is 1. The van der Waals surface area contributed by atoms with Gasteiger partial charge in [-0.25, -0.2) is 4.39 Å². The van der Waals surface area contributed by atoms with E-state index < -0.39 is 11.9 Å². The maximum Gasteiger partial charge on any atom is 0.147 e. The third-order valence-electron chi connectivity index (χ3n) is 2.37. The molecule has 0 heterocycles. The Morgan fingerprint density at radius 1 is 1.56 bits per heavy atom. The van der Waals surface area contributed by atoms with E-state index in [1.807, 2.05) is 6.07 Å². The molecule has 0 fully saturated rings. The molecular formula is C12H15FN2O. The van der Waals surface area contributed by atoms with E-state index in [0.29, 0.717) is 24.2 Å². The Labute approximate surface area is 94.7 Å². The number of anilines is 1. The summed E-state index contributed by atoms with van der Waals surface area (Å²) in [4.78, 5) is 1.73. The van der Waals surface area contributed by atoms with E-state index in [1.165, 1.54) is 6.07 Å². The molecule has 1 aromatic carbocycles. The maximum absolute atomic E-state index is 13.6. The van der Waals surface area contributed by atoms with Crippen LogP contribution in [0.25, 0.3) is 0 Å². The molecule has 86 valence electrons. The van der Waals surface area contributed by atoms with Gasteiger partial charge in [0.05, 0.1) is 23.4 Å². The zero-order valence-corrected chi connectivity index (χ0v) is 9.44. The Balaban J connectivity index is 2.76. The minimum atomic E-state index is -0.410. The third-order valence-corrected chi connectivity index (χ3v) is 2.37. The van der Waals surface area contributed by atoms with Crippen LogP contribution in [0.3, 0.4) is 0 Å². The van der Waals surface area contributed by atoms with Crippen molar-refractivity contribution in [1.29, 1.82) is 5.26 Å². The highest BCUT2D eigenvalue weighted by molar-refractivity contribution is 5.50. The summed E-state index contributed by atoms with van der Waals surface area (Å²) < 4.78 is 13.6. The second-order valence-corrected chi connectivity index (χ2v) is 3.84. The van der Waals surface area contributed by atoms with Crippen molar-refractivity contribution in [1.82, 2.24) is 0 Å². The molecule has 0 radical (unpaired) electrons. The summed E-state index contributed by atoms with van der Waals surface area (Å²) in [6.45, 7) is 2.27. The van der Waals surface area contributed by atoms with Crippen molar-refractivity contribution in [2.75, 3.05) is 18.5 Å². The number of hydrogen-bond acceptors (Lipinski definition) is 3. The molecule has 1 rings (SSSR count). The van der Waals surface area contributed by atoms with Crippen molar-refractivity contribution in [3.8, 4) is 6.07 Å². The first-order chi connectivity index (χ1) is 7.54. The van der Waals surface area contributed by atoms with E-state index in [9.17, 15) is 4.39 Å². The van der Waals surface area contributed by atoms with Crippen molar-refractivity contribution in [2.45, 2.75) is 19.4 Å². The summed E-state index contributed by atoms with van der Waals surface area (Å²) in [5.74, 6) is -0.410. The number of benzene rings is 1. The van der Waals surface area contributed by atoms with E-state index in [2.05, 4.69) is 0 Å². The second-order valence-electron chi connectivity index (χ2n) is 3.84. The number of aliphatic hydroxyl groups excluding tert-OH is 1. The number of nitrogens with zero attached hydrogens (tertiary/aromatic N) is 2. The lowest BCUT2D eigenvalue weighted by Gasteiger charge is -2.20. The summed E-state index contributed by atoms with van der Waals surface area (Å²) in [5.41, 5.74) is 0.754. The molecule has 0 amide bonds. The molecule has 0 aliphatic heterocycles. The number of aliphatic hydroxyl groups is 1. The van der Waals surface area contributed by atoms with Gasteiger partial charge in [0, 0.05) is 13.6 Å². The smallest absolute Gasteiger partial charge is 0.147 e. The van der Waals surface area contributed by atoms with Gasteiger partial charge in [0.15, 0.2) is 0 Å². The van der Waals surface area contributed by atoms with Crippen LogP contribution in [0.2, 0.25) is 0 Å². The Morgan fingerprint density at radius 2 is 2.25 bits per heavy atom. The first-order valence-electron chi connectivity index (χ1n) is 5.13. The van der Waals surface area contributed by atoms with Gasteiger partial charge in [-0.15, -0.1) is 0 Å². The Kier molecular flexibility index (Phi) is 4.27. The fourth-order valence-electron chi connectivity index (χ4n) is 1.39. The van der Waals surface area contributed by atoms with Gasteiger partial charge in [0.25, 0.3) is 0 Å². The van der Waals surface area contributed by atoms with E-state index in [1.54, 1.807) is 31.0 Å². The average molecular weight is 222 g/mol. The molecule has 16 heavy (non-hydrogen) atoms. The number of hydrogen-bond donors (Lipinski definition) is 1. The number of nitriles is 1. The van der Waals surface area contributed by atoms with Crippen molar-refractivity contribution in [3.05, 3.63) is 29.6 Å². The van der Waals surface area contributed by atoms with Crippen LogP contribution in [0.4, 0.5) is 10.1 Å². The van der Waals surface area contributed by atoms with Gasteiger partial charge in [-0.1, -0.05) is 0 Å². The summed E-state index contributed by atoms with van der Waals surface area (Å²) in [7, 11) is 1.76. The lowest BCUT2D eigenvalue weighted by atomic mass is 10.2. The summed E-state index contributed by atoms with van der Waals surface area (Å²) in [5, 5.41) is 17.7. The fraction of sp³-hybridized carbons (Fsp3) is 0.417. The van der Waals surface area contributed by atoms with Crippen LogP contribution in [0, 0.1) is 17.1 Å². The largest absolute Gasteiger partial charge is 0.393 e. The van der Waals surface area contributed by atoms with Crippen LogP contribution in [0.1, 0.15) is 18.9 Å². The fourth-order valence-corrected chi connectivity index (χ4v) is 1.39. The first kappa shape index (κ1) is 12.5. The highest BCUT2D eigenvalue weighted by Gasteiger charge is 2.09. The third kappa shape index (κ3) is 3.21. The van der Waals surface area contributed by atoms with Crippen molar-refractivity contribution in [2.24, 2.45) is 0 Å². The van der Waals surface area contributed by atoms with Crippen molar-refractivity contribution in [3.63, 3.8) is 0 Å². The zero-order chi connectivity index (χ0) is 12.1. The molecule has 4 heteroatoms. The van der Waals surface area contributed by atoms with Gasteiger partial charge in [-0.2, -0.15) is 5.26 Å². The molecule has 3 nitrogen and oxygen atoms in total. The quantitative estimate of drug-likeness (QED) is 0.846. The normalized spacial score (nSPS) is 11.9. The van der Waals surface area contributed by atoms with Gasteiger partial charge in [0.1, 0.15) is 5.82 Å². The summed E-state index contributed by atoms with van der Waals surface area (Å²) >= 11 is 0. The summed E-state index contributed by atoms with van der Waals surface area (Å²) in [6, 6.07) is 6.26. The highest BCUT2D eigenvalue weighted by Crippen LogP contribution is 2.19. The first-order valence-corrected chi connectivity index (χ1v) is 5.13. The molecule has 1 aromatic rings. The average Bonchev–Trinajstić information content (AvgIpc) is 2.25. The van der Waals surface area contributed by atoms with Gasteiger partial charge < -0.3 is 10.0 Å². The molecule has 0 aliphatic carbocycles. The predicted molar refractivity (Wildman–Crippen MR) is 60.7 cm³/mol. The monoisotopic (exact) mass is 222 g/mol.